The first-order valence-electron chi connectivity index (χ1n) is 4.15. The third-order valence-corrected chi connectivity index (χ3v) is 1.72. The number of hydrogen-bond acceptors (Lipinski definition) is 3. The Labute approximate surface area is 81.3 Å². The number of nitrogens with zero attached hydrogens (tertiary/aromatic N) is 2. The monoisotopic (exact) mass is 196 g/mol. The number of amides is 2. The highest BCUT2D eigenvalue weighted by Crippen LogP contribution is 1.87. The van der Waals surface area contributed by atoms with E-state index in [1.807, 2.05) is 0 Å². The number of aromatic nitrogens is 2. The van der Waals surface area contributed by atoms with Crippen LogP contribution >= 0.6 is 0 Å². The van der Waals surface area contributed by atoms with Crippen molar-refractivity contribution in [2.75, 3.05) is 7.05 Å². The number of carbonyl (C=O) groups excluding carboxylic acids is 2. The van der Waals surface area contributed by atoms with Gasteiger partial charge in [0.1, 0.15) is 12.4 Å². The molecular weight excluding hydrogens is 184 g/mol. The Balaban J connectivity index is 2.53. The Morgan fingerprint density at radius 3 is 2.71 bits per heavy atom. The molecule has 1 heterocycles. The third-order valence-electron chi connectivity index (χ3n) is 1.72. The molecule has 1 atom stereocenters. The largest absolute Gasteiger partial charge is 0.357 e. The van der Waals surface area contributed by atoms with E-state index in [-0.39, 0.29) is 11.9 Å². The number of nitrogens with one attached hydrogen (secondary N) is 2. The Bertz CT molecular complexity index is 320. The summed E-state index contributed by atoms with van der Waals surface area (Å²) in [5.41, 5.74) is 0. The summed E-state index contributed by atoms with van der Waals surface area (Å²) >= 11 is 0. The molecule has 0 spiro atoms. The summed E-state index contributed by atoms with van der Waals surface area (Å²) in [6, 6.07) is -0.937. The molecule has 76 valence electrons. The molecule has 1 unspecified atom stereocenters. The van der Waals surface area contributed by atoms with Gasteiger partial charge in [0.15, 0.2) is 0 Å². The second kappa shape index (κ2) is 4.40. The number of rotatable bonds is 2. The molecule has 14 heavy (non-hydrogen) atoms. The fraction of sp³-hybridized carbons (Fsp3) is 0.375. The quantitative estimate of drug-likeness (QED) is 0.674. The van der Waals surface area contributed by atoms with Gasteiger partial charge in [0, 0.05) is 19.4 Å². The molecule has 0 fully saturated rings. The minimum atomic E-state index is -0.560. The smallest absolute Gasteiger partial charge is 0.327 e. The molecule has 1 rings (SSSR count). The maximum absolute atomic E-state index is 11.4. The maximum Gasteiger partial charge on any atom is 0.327 e. The number of likely N-dealkylation sites (N-methyl/N-ethyl adjacent to an activating group) is 1. The molecule has 0 aliphatic rings. The first-order chi connectivity index (χ1) is 6.65. The van der Waals surface area contributed by atoms with E-state index in [1.54, 1.807) is 6.92 Å². The standard InChI is InChI=1S/C8H12N4O2/c1-6(7(13)9-2)11-8(14)12-4-3-10-5-12/h3-6H,1-2H3,(H,9,13)(H,11,14). The Morgan fingerprint density at radius 2 is 2.21 bits per heavy atom. The van der Waals surface area contributed by atoms with Gasteiger partial charge < -0.3 is 10.6 Å². The molecule has 0 radical (unpaired) electrons. The average molecular weight is 196 g/mol. The van der Waals surface area contributed by atoms with Crippen LogP contribution in [0.5, 0.6) is 0 Å². The zero-order valence-electron chi connectivity index (χ0n) is 8.02. The molecule has 0 saturated carbocycles. The lowest BCUT2D eigenvalue weighted by Gasteiger charge is -2.11. The normalized spacial score (nSPS) is 11.9. The van der Waals surface area contributed by atoms with Crippen LogP contribution in [0, 0.1) is 0 Å². The van der Waals surface area contributed by atoms with Crippen molar-refractivity contribution in [3.8, 4) is 0 Å². The zero-order chi connectivity index (χ0) is 10.6. The SMILES string of the molecule is CNC(=O)C(C)NC(=O)n1ccnc1. The van der Waals surface area contributed by atoms with Crippen LogP contribution in [0.25, 0.3) is 0 Å². The molecule has 6 heteroatoms. The van der Waals surface area contributed by atoms with Crippen LogP contribution in [0.3, 0.4) is 0 Å². The van der Waals surface area contributed by atoms with Crippen LogP contribution in [0.4, 0.5) is 4.79 Å². The van der Waals surface area contributed by atoms with Gasteiger partial charge >= 0.3 is 6.03 Å². The fourth-order valence-corrected chi connectivity index (χ4v) is 0.921. The molecule has 2 amide bonds. The fourth-order valence-electron chi connectivity index (χ4n) is 0.921. The predicted octanol–water partition coefficient (Wildman–Crippen LogP) is -0.425. The molecule has 1 aromatic heterocycles. The van der Waals surface area contributed by atoms with Gasteiger partial charge in [-0.15, -0.1) is 0 Å². The molecule has 0 aromatic carbocycles. The van der Waals surface area contributed by atoms with Crippen molar-refractivity contribution in [1.29, 1.82) is 0 Å². The minimum absolute atomic E-state index is 0.238. The van der Waals surface area contributed by atoms with Crippen LogP contribution in [0.15, 0.2) is 18.7 Å². The highest BCUT2D eigenvalue weighted by molar-refractivity contribution is 5.87. The van der Waals surface area contributed by atoms with Gasteiger partial charge in [-0.2, -0.15) is 0 Å². The highest BCUT2D eigenvalue weighted by Gasteiger charge is 2.14. The second-order valence-corrected chi connectivity index (χ2v) is 2.76. The molecular formula is C8H12N4O2. The van der Waals surface area contributed by atoms with Crippen LogP contribution in [0.2, 0.25) is 0 Å². The van der Waals surface area contributed by atoms with Gasteiger partial charge in [-0.3, -0.25) is 9.36 Å². The Kier molecular flexibility index (Phi) is 3.22. The van der Waals surface area contributed by atoms with E-state index in [2.05, 4.69) is 15.6 Å². The van der Waals surface area contributed by atoms with Crippen LogP contribution < -0.4 is 10.6 Å². The Morgan fingerprint density at radius 1 is 1.50 bits per heavy atom. The van der Waals surface area contributed by atoms with Gasteiger partial charge in [0.2, 0.25) is 5.91 Å². The number of imidazole rings is 1. The summed E-state index contributed by atoms with van der Waals surface area (Å²) in [4.78, 5) is 26.2. The van der Waals surface area contributed by atoms with Crippen LogP contribution in [0.1, 0.15) is 6.92 Å². The van der Waals surface area contributed by atoms with E-state index in [4.69, 9.17) is 0 Å². The molecule has 1 aromatic rings. The van der Waals surface area contributed by atoms with E-state index in [0.29, 0.717) is 0 Å². The number of carbonyl (C=O) groups is 2. The van der Waals surface area contributed by atoms with Gasteiger partial charge in [-0.1, -0.05) is 0 Å². The van der Waals surface area contributed by atoms with Gasteiger partial charge in [0.25, 0.3) is 0 Å². The molecule has 6 nitrogen and oxygen atoms in total. The van der Waals surface area contributed by atoms with Crippen molar-refractivity contribution in [3.05, 3.63) is 18.7 Å². The maximum atomic E-state index is 11.4. The van der Waals surface area contributed by atoms with E-state index >= 15 is 0 Å². The summed E-state index contributed by atoms with van der Waals surface area (Å²) in [5, 5.41) is 4.94. The van der Waals surface area contributed by atoms with Crippen molar-refractivity contribution in [2.45, 2.75) is 13.0 Å². The van der Waals surface area contributed by atoms with E-state index < -0.39 is 6.04 Å². The lowest BCUT2D eigenvalue weighted by molar-refractivity contribution is -0.122. The van der Waals surface area contributed by atoms with Crippen LogP contribution in [-0.2, 0) is 4.79 Å². The first kappa shape index (κ1) is 10.2. The molecule has 0 saturated heterocycles. The topological polar surface area (TPSA) is 76.0 Å². The first-order valence-corrected chi connectivity index (χ1v) is 4.15. The van der Waals surface area contributed by atoms with E-state index in [0.717, 1.165) is 0 Å². The summed E-state index contributed by atoms with van der Waals surface area (Å²) < 4.78 is 1.26. The van der Waals surface area contributed by atoms with Gasteiger partial charge in [-0.05, 0) is 6.92 Å². The lowest BCUT2D eigenvalue weighted by atomic mass is 10.3. The molecule has 0 aliphatic carbocycles. The molecule has 0 bridgehead atoms. The summed E-state index contributed by atoms with van der Waals surface area (Å²) in [6.07, 6.45) is 4.36. The van der Waals surface area contributed by atoms with Crippen molar-refractivity contribution < 1.29 is 9.59 Å². The molecule has 2 N–H and O–H groups in total. The average Bonchev–Trinajstić information content (AvgIpc) is 2.69. The molecule has 0 aliphatic heterocycles. The summed E-state index contributed by atoms with van der Waals surface area (Å²) in [7, 11) is 1.52. The predicted molar refractivity (Wildman–Crippen MR) is 49.7 cm³/mol. The summed E-state index contributed by atoms with van der Waals surface area (Å²) in [5.74, 6) is -0.238. The van der Waals surface area contributed by atoms with Crippen LogP contribution in [-0.4, -0.2) is 34.6 Å². The third kappa shape index (κ3) is 2.32. The van der Waals surface area contributed by atoms with Gasteiger partial charge in [0.05, 0.1) is 0 Å². The second-order valence-electron chi connectivity index (χ2n) is 2.76. The minimum Gasteiger partial charge on any atom is -0.357 e. The van der Waals surface area contributed by atoms with Gasteiger partial charge in [-0.25, -0.2) is 9.78 Å². The van der Waals surface area contributed by atoms with E-state index in [1.165, 1.54) is 30.3 Å². The zero-order valence-corrected chi connectivity index (χ0v) is 8.02. The Hall–Kier alpha value is -1.85. The van der Waals surface area contributed by atoms with E-state index in [9.17, 15) is 9.59 Å². The van der Waals surface area contributed by atoms with Crippen molar-refractivity contribution in [3.63, 3.8) is 0 Å². The highest BCUT2D eigenvalue weighted by atomic mass is 16.2. The summed E-state index contributed by atoms with van der Waals surface area (Å²) in [6.45, 7) is 1.60. The van der Waals surface area contributed by atoms with Crippen molar-refractivity contribution in [2.24, 2.45) is 0 Å². The number of hydrogen-bond donors (Lipinski definition) is 2. The van der Waals surface area contributed by atoms with Crippen molar-refractivity contribution >= 4 is 11.9 Å². The lowest BCUT2D eigenvalue weighted by Crippen LogP contribution is -2.44. The van der Waals surface area contributed by atoms with Crippen molar-refractivity contribution in [1.82, 2.24) is 20.2 Å².